The quantitative estimate of drug-likeness (QED) is 0.870. The second-order valence-corrected chi connectivity index (χ2v) is 5.50. The van der Waals surface area contributed by atoms with Crippen molar-refractivity contribution < 1.29 is 4.79 Å². The Hall–Kier alpha value is -0.480. The van der Waals surface area contributed by atoms with E-state index in [0.29, 0.717) is 28.1 Å². The summed E-state index contributed by atoms with van der Waals surface area (Å²) in [5, 5.41) is 3.75. The van der Waals surface area contributed by atoms with E-state index < -0.39 is 0 Å². The Morgan fingerprint density at radius 1 is 1.37 bits per heavy atom. The summed E-state index contributed by atoms with van der Waals surface area (Å²) in [7, 11) is 0. The molecule has 0 aliphatic carbocycles. The molecule has 0 spiro atoms. The van der Waals surface area contributed by atoms with Gasteiger partial charge in [0.25, 0.3) is 5.91 Å². The van der Waals surface area contributed by atoms with Gasteiger partial charge < -0.3 is 11.1 Å². The van der Waals surface area contributed by atoms with Gasteiger partial charge in [-0.15, -0.1) is 12.4 Å². The number of amides is 1. The van der Waals surface area contributed by atoms with Crippen molar-refractivity contribution in [1.82, 2.24) is 5.32 Å². The van der Waals surface area contributed by atoms with Crippen molar-refractivity contribution in [1.29, 1.82) is 0 Å². The average molecular weight is 326 g/mol. The zero-order valence-corrected chi connectivity index (χ0v) is 13.3. The number of rotatable bonds is 5. The van der Waals surface area contributed by atoms with E-state index in [2.05, 4.69) is 19.2 Å². The summed E-state index contributed by atoms with van der Waals surface area (Å²) in [6.45, 7) is 4.57. The number of hydrogen-bond acceptors (Lipinski definition) is 2. The molecule has 0 bridgehead atoms. The average Bonchev–Trinajstić information content (AvgIpc) is 2.30. The zero-order valence-electron chi connectivity index (χ0n) is 11.0. The van der Waals surface area contributed by atoms with Crippen LogP contribution in [0.15, 0.2) is 18.2 Å². The molecule has 108 valence electrons. The van der Waals surface area contributed by atoms with Gasteiger partial charge in [-0.1, -0.05) is 37.0 Å². The summed E-state index contributed by atoms with van der Waals surface area (Å²) in [5.74, 6) is 0.229. The van der Waals surface area contributed by atoms with Crippen molar-refractivity contribution in [3.63, 3.8) is 0 Å². The maximum absolute atomic E-state index is 12.1. The minimum Gasteiger partial charge on any atom is -0.348 e. The molecule has 3 N–H and O–H groups in total. The van der Waals surface area contributed by atoms with Gasteiger partial charge in [0.1, 0.15) is 0 Å². The van der Waals surface area contributed by atoms with Gasteiger partial charge in [0.15, 0.2) is 0 Å². The molecule has 1 amide bonds. The third-order valence-corrected chi connectivity index (χ3v) is 3.11. The smallest absolute Gasteiger partial charge is 0.253 e. The van der Waals surface area contributed by atoms with Crippen LogP contribution in [0.4, 0.5) is 0 Å². The van der Waals surface area contributed by atoms with E-state index in [-0.39, 0.29) is 24.4 Å². The molecular formula is C13H19Cl3N2O. The molecule has 0 radical (unpaired) electrons. The van der Waals surface area contributed by atoms with Crippen LogP contribution in [0, 0.1) is 5.92 Å². The number of hydrogen-bond donors (Lipinski definition) is 2. The van der Waals surface area contributed by atoms with Gasteiger partial charge in [0, 0.05) is 17.6 Å². The van der Waals surface area contributed by atoms with E-state index in [0.717, 1.165) is 6.42 Å². The Morgan fingerprint density at radius 3 is 2.53 bits per heavy atom. The Bertz CT molecular complexity index is 424. The summed E-state index contributed by atoms with van der Waals surface area (Å²) in [4.78, 5) is 12.1. The summed E-state index contributed by atoms with van der Waals surface area (Å²) >= 11 is 11.8. The Kier molecular flexibility index (Phi) is 8.42. The highest BCUT2D eigenvalue weighted by atomic mass is 35.5. The first-order valence-corrected chi connectivity index (χ1v) is 6.65. The van der Waals surface area contributed by atoms with Gasteiger partial charge in [0.2, 0.25) is 0 Å². The minimum absolute atomic E-state index is 0. The molecule has 1 aromatic carbocycles. The number of halogens is 3. The van der Waals surface area contributed by atoms with Crippen molar-refractivity contribution in [2.75, 3.05) is 6.54 Å². The third kappa shape index (κ3) is 6.00. The van der Waals surface area contributed by atoms with Crippen LogP contribution in [0.5, 0.6) is 0 Å². The molecular weight excluding hydrogens is 307 g/mol. The van der Waals surface area contributed by atoms with E-state index in [1.807, 2.05) is 0 Å². The van der Waals surface area contributed by atoms with Crippen molar-refractivity contribution in [2.24, 2.45) is 11.7 Å². The predicted molar refractivity (Wildman–Crippen MR) is 83.5 cm³/mol. The molecule has 0 aliphatic heterocycles. The van der Waals surface area contributed by atoms with Crippen LogP contribution in [-0.2, 0) is 0 Å². The topological polar surface area (TPSA) is 55.1 Å². The molecule has 0 fully saturated rings. The standard InChI is InChI=1S/C13H18Cl2N2O.ClH/c1-8(2)5-10(7-16)17-13(18)11-6-9(14)3-4-12(11)15;/h3-4,6,8,10H,5,7,16H2,1-2H3,(H,17,18);1H. The molecule has 3 nitrogen and oxygen atoms in total. The maximum atomic E-state index is 12.1. The Balaban J connectivity index is 0.00000324. The molecule has 0 saturated heterocycles. The number of nitrogens with two attached hydrogens (primary N) is 1. The van der Waals surface area contributed by atoms with Gasteiger partial charge in [0.05, 0.1) is 10.6 Å². The van der Waals surface area contributed by atoms with Crippen molar-refractivity contribution in [3.05, 3.63) is 33.8 Å². The lowest BCUT2D eigenvalue weighted by atomic mass is 10.0. The van der Waals surface area contributed by atoms with Crippen LogP contribution < -0.4 is 11.1 Å². The summed E-state index contributed by atoms with van der Waals surface area (Å²) < 4.78 is 0. The van der Waals surface area contributed by atoms with Crippen LogP contribution >= 0.6 is 35.6 Å². The highest BCUT2D eigenvalue weighted by Gasteiger charge is 2.16. The molecule has 19 heavy (non-hydrogen) atoms. The number of carbonyl (C=O) groups is 1. The van der Waals surface area contributed by atoms with Gasteiger partial charge in [-0.05, 0) is 30.5 Å². The van der Waals surface area contributed by atoms with Crippen molar-refractivity contribution in [3.8, 4) is 0 Å². The zero-order chi connectivity index (χ0) is 13.7. The molecule has 1 rings (SSSR count). The summed E-state index contributed by atoms with van der Waals surface area (Å²) in [6, 6.07) is 4.77. The van der Waals surface area contributed by atoms with Crippen LogP contribution in [0.2, 0.25) is 10.0 Å². The normalized spacial score (nSPS) is 11.9. The number of benzene rings is 1. The fourth-order valence-corrected chi connectivity index (χ4v) is 2.09. The van der Waals surface area contributed by atoms with Crippen LogP contribution in [0.3, 0.4) is 0 Å². The third-order valence-electron chi connectivity index (χ3n) is 2.55. The molecule has 0 heterocycles. The van der Waals surface area contributed by atoms with Gasteiger partial charge in [-0.3, -0.25) is 4.79 Å². The lowest BCUT2D eigenvalue weighted by Crippen LogP contribution is -2.41. The SMILES string of the molecule is CC(C)CC(CN)NC(=O)c1cc(Cl)ccc1Cl.Cl. The number of carbonyl (C=O) groups excluding carboxylic acids is 1. The first kappa shape index (κ1) is 18.5. The van der Waals surface area contributed by atoms with Gasteiger partial charge in [-0.25, -0.2) is 0 Å². The second kappa shape index (κ2) is 8.64. The van der Waals surface area contributed by atoms with Crippen LogP contribution in [0.1, 0.15) is 30.6 Å². The molecule has 1 aromatic rings. The molecule has 0 aliphatic rings. The second-order valence-electron chi connectivity index (χ2n) is 4.66. The largest absolute Gasteiger partial charge is 0.348 e. The predicted octanol–water partition coefficient (Wildman–Crippen LogP) is 3.52. The lowest BCUT2D eigenvalue weighted by Gasteiger charge is -2.19. The fourth-order valence-electron chi connectivity index (χ4n) is 1.72. The molecule has 1 unspecified atom stereocenters. The Labute approximate surface area is 130 Å². The van der Waals surface area contributed by atoms with E-state index in [9.17, 15) is 4.79 Å². The van der Waals surface area contributed by atoms with Crippen molar-refractivity contribution >= 4 is 41.5 Å². The summed E-state index contributed by atoms with van der Waals surface area (Å²) in [5.41, 5.74) is 6.02. The monoisotopic (exact) mass is 324 g/mol. The molecule has 6 heteroatoms. The Morgan fingerprint density at radius 2 is 2.00 bits per heavy atom. The first-order valence-electron chi connectivity index (χ1n) is 5.90. The highest BCUT2D eigenvalue weighted by molar-refractivity contribution is 6.35. The number of nitrogens with one attached hydrogen (secondary N) is 1. The van der Waals surface area contributed by atoms with E-state index >= 15 is 0 Å². The minimum atomic E-state index is -0.237. The molecule has 0 saturated carbocycles. The van der Waals surface area contributed by atoms with Gasteiger partial charge >= 0.3 is 0 Å². The first-order chi connectivity index (χ1) is 8.43. The van der Waals surface area contributed by atoms with Crippen molar-refractivity contribution in [2.45, 2.75) is 26.3 Å². The summed E-state index contributed by atoms with van der Waals surface area (Å²) in [6.07, 6.45) is 0.834. The molecule has 0 aromatic heterocycles. The van der Waals surface area contributed by atoms with Crippen LogP contribution in [0.25, 0.3) is 0 Å². The van der Waals surface area contributed by atoms with Crippen LogP contribution in [-0.4, -0.2) is 18.5 Å². The van der Waals surface area contributed by atoms with Gasteiger partial charge in [-0.2, -0.15) is 0 Å². The highest BCUT2D eigenvalue weighted by Crippen LogP contribution is 2.20. The van der Waals surface area contributed by atoms with E-state index in [1.54, 1.807) is 18.2 Å². The van der Waals surface area contributed by atoms with E-state index in [1.165, 1.54) is 0 Å². The maximum Gasteiger partial charge on any atom is 0.253 e. The van der Waals surface area contributed by atoms with E-state index in [4.69, 9.17) is 28.9 Å². The fraction of sp³-hybridized carbons (Fsp3) is 0.462. The molecule has 1 atom stereocenters. The lowest BCUT2D eigenvalue weighted by molar-refractivity contribution is 0.0934.